The van der Waals surface area contributed by atoms with E-state index in [0.29, 0.717) is 19.0 Å². The predicted octanol–water partition coefficient (Wildman–Crippen LogP) is 1.01. The van der Waals surface area contributed by atoms with E-state index in [-0.39, 0.29) is 11.8 Å². The fourth-order valence-corrected chi connectivity index (χ4v) is 2.21. The highest BCUT2D eigenvalue weighted by Gasteiger charge is 2.33. The lowest BCUT2D eigenvalue weighted by Gasteiger charge is -2.23. The first-order valence-corrected chi connectivity index (χ1v) is 5.26. The summed E-state index contributed by atoms with van der Waals surface area (Å²) < 4.78 is 0. The number of carbonyl (C=O) groups excluding carboxylic acids is 1. The van der Waals surface area contributed by atoms with Crippen molar-refractivity contribution in [2.45, 2.75) is 19.3 Å². The molecule has 80 valence electrons. The zero-order valence-electron chi connectivity index (χ0n) is 8.91. The van der Waals surface area contributed by atoms with Crippen LogP contribution in [0.1, 0.15) is 19.3 Å². The van der Waals surface area contributed by atoms with Crippen molar-refractivity contribution < 1.29 is 4.79 Å². The minimum atomic E-state index is 0.157. The molecule has 1 amide bonds. The molecular weight excluding hydrogens is 176 g/mol. The van der Waals surface area contributed by atoms with Gasteiger partial charge in [-0.1, -0.05) is 12.5 Å². The van der Waals surface area contributed by atoms with Crippen LogP contribution in [0.3, 0.4) is 0 Å². The Labute approximate surface area is 86.0 Å². The van der Waals surface area contributed by atoms with E-state index in [1.165, 1.54) is 0 Å². The van der Waals surface area contributed by atoms with Crippen LogP contribution in [0.4, 0.5) is 0 Å². The van der Waals surface area contributed by atoms with Crippen LogP contribution >= 0.6 is 0 Å². The summed E-state index contributed by atoms with van der Waals surface area (Å²) in [5, 5.41) is 0. The smallest absolute Gasteiger partial charge is 0.226 e. The number of likely N-dealkylation sites (N-methyl/N-ethyl adjacent to an activating group) is 1. The van der Waals surface area contributed by atoms with Gasteiger partial charge in [-0.15, -0.1) is 6.58 Å². The highest BCUT2D eigenvalue weighted by molar-refractivity contribution is 5.79. The van der Waals surface area contributed by atoms with Crippen molar-refractivity contribution in [1.82, 2.24) is 4.90 Å². The average Bonchev–Trinajstić information content (AvgIpc) is 2.64. The van der Waals surface area contributed by atoms with E-state index in [1.807, 2.05) is 7.05 Å². The van der Waals surface area contributed by atoms with Gasteiger partial charge in [0.15, 0.2) is 0 Å². The third kappa shape index (κ3) is 2.35. The maximum atomic E-state index is 11.9. The van der Waals surface area contributed by atoms with Gasteiger partial charge in [-0.2, -0.15) is 0 Å². The van der Waals surface area contributed by atoms with Gasteiger partial charge >= 0.3 is 0 Å². The Hall–Kier alpha value is -0.830. The summed E-state index contributed by atoms with van der Waals surface area (Å²) in [7, 11) is 1.83. The molecule has 2 unspecified atom stereocenters. The molecule has 1 saturated carbocycles. The molecule has 14 heavy (non-hydrogen) atoms. The zero-order valence-corrected chi connectivity index (χ0v) is 8.91. The second-order valence-corrected chi connectivity index (χ2v) is 4.04. The summed E-state index contributed by atoms with van der Waals surface area (Å²) >= 11 is 0. The first kappa shape index (κ1) is 11.2. The van der Waals surface area contributed by atoms with Crippen molar-refractivity contribution in [3.63, 3.8) is 0 Å². The SMILES string of the molecule is C=CCN(C)C(=O)C1CCCC1CN. The molecule has 2 N–H and O–H groups in total. The van der Waals surface area contributed by atoms with Crippen LogP contribution in [-0.4, -0.2) is 30.9 Å². The van der Waals surface area contributed by atoms with Crippen LogP contribution in [0.2, 0.25) is 0 Å². The highest BCUT2D eigenvalue weighted by Crippen LogP contribution is 2.32. The van der Waals surface area contributed by atoms with Gasteiger partial charge in [-0.3, -0.25) is 4.79 Å². The summed E-state index contributed by atoms with van der Waals surface area (Å²) in [5.41, 5.74) is 5.65. The highest BCUT2D eigenvalue weighted by atomic mass is 16.2. The molecule has 2 atom stereocenters. The average molecular weight is 196 g/mol. The van der Waals surface area contributed by atoms with E-state index < -0.39 is 0 Å². The maximum absolute atomic E-state index is 11.9. The van der Waals surface area contributed by atoms with E-state index in [9.17, 15) is 4.79 Å². The second-order valence-electron chi connectivity index (χ2n) is 4.04. The van der Waals surface area contributed by atoms with Crippen LogP contribution in [0.5, 0.6) is 0 Å². The summed E-state index contributed by atoms with van der Waals surface area (Å²) in [6.45, 7) is 4.90. The second kappa shape index (κ2) is 5.15. The molecule has 3 heteroatoms. The van der Waals surface area contributed by atoms with Gasteiger partial charge in [0.1, 0.15) is 0 Å². The fourth-order valence-electron chi connectivity index (χ4n) is 2.21. The first-order chi connectivity index (χ1) is 6.70. The van der Waals surface area contributed by atoms with Crippen LogP contribution in [0.15, 0.2) is 12.7 Å². The van der Waals surface area contributed by atoms with Gasteiger partial charge in [0.05, 0.1) is 0 Å². The molecule has 1 aliphatic rings. The molecule has 0 saturated heterocycles. The number of nitrogens with two attached hydrogens (primary N) is 1. The Morgan fingerprint density at radius 1 is 1.64 bits per heavy atom. The topological polar surface area (TPSA) is 46.3 Å². The van der Waals surface area contributed by atoms with Gasteiger partial charge in [-0.05, 0) is 25.3 Å². The number of carbonyl (C=O) groups is 1. The number of amides is 1. The molecule has 0 heterocycles. The summed E-state index contributed by atoms with van der Waals surface area (Å²) in [6.07, 6.45) is 5.00. The Balaban J connectivity index is 2.54. The van der Waals surface area contributed by atoms with E-state index in [4.69, 9.17) is 5.73 Å². The lowest BCUT2D eigenvalue weighted by molar-refractivity contribution is -0.134. The third-order valence-corrected chi connectivity index (χ3v) is 3.06. The summed E-state index contributed by atoms with van der Waals surface area (Å²) in [4.78, 5) is 13.7. The molecule has 0 bridgehead atoms. The van der Waals surface area contributed by atoms with Crippen LogP contribution in [0, 0.1) is 11.8 Å². The molecule has 0 radical (unpaired) electrons. The largest absolute Gasteiger partial charge is 0.342 e. The Bertz CT molecular complexity index is 215. The van der Waals surface area contributed by atoms with Gasteiger partial charge in [-0.25, -0.2) is 0 Å². The molecule has 0 aliphatic heterocycles. The van der Waals surface area contributed by atoms with Crippen molar-refractivity contribution in [2.75, 3.05) is 20.1 Å². The van der Waals surface area contributed by atoms with Crippen molar-refractivity contribution in [1.29, 1.82) is 0 Å². The van der Waals surface area contributed by atoms with E-state index in [1.54, 1.807) is 11.0 Å². The van der Waals surface area contributed by atoms with Crippen LogP contribution < -0.4 is 5.73 Å². The molecule has 3 nitrogen and oxygen atoms in total. The lowest BCUT2D eigenvalue weighted by atomic mass is 9.95. The molecule has 1 rings (SSSR count). The quantitative estimate of drug-likeness (QED) is 0.682. The molecule has 1 fully saturated rings. The van der Waals surface area contributed by atoms with Crippen molar-refractivity contribution in [3.8, 4) is 0 Å². The van der Waals surface area contributed by atoms with Gasteiger partial charge in [0, 0.05) is 19.5 Å². The molecule has 0 aromatic carbocycles. The normalized spacial score (nSPS) is 26.1. The monoisotopic (exact) mass is 196 g/mol. The van der Waals surface area contributed by atoms with E-state index in [2.05, 4.69) is 6.58 Å². The molecule has 0 aromatic rings. The number of hydrogen-bond donors (Lipinski definition) is 1. The minimum absolute atomic E-state index is 0.157. The van der Waals surface area contributed by atoms with E-state index >= 15 is 0 Å². The predicted molar refractivity (Wildman–Crippen MR) is 57.7 cm³/mol. The van der Waals surface area contributed by atoms with Gasteiger partial charge in [0.25, 0.3) is 0 Å². The van der Waals surface area contributed by atoms with Crippen LogP contribution in [-0.2, 0) is 4.79 Å². The zero-order chi connectivity index (χ0) is 10.6. The number of nitrogens with zero attached hydrogens (tertiary/aromatic N) is 1. The van der Waals surface area contributed by atoms with Crippen molar-refractivity contribution >= 4 is 5.91 Å². The van der Waals surface area contributed by atoms with Crippen LogP contribution in [0.25, 0.3) is 0 Å². The minimum Gasteiger partial charge on any atom is -0.342 e. The molecule has 0 aromatic heterocycles. The van der Waals surface area contributed by atoms with Crippen molar-refractivity contribution in [2.24, 2.45) is 17.6 Å². The summed E-state index contributed by atoms with van der Waals surface area (Å²) in [6, 6.07) is 0. The first-order valence-electron chi connectivity index (χ1n) is 5.26. The third-order valence-electron chi connectivity index (χ3n) is 3.06. The fraction of sp³-hybridized carbons (Fsp3) is 0.727. The molecule has 1 aliphatic carbocycles. The van der Waals surface area contributed by atoms with Crippen molar-refractivity contribution in [3.05, 3.63) is 12.7 Å². The Kier molecular flexibility index (Phi) is 4.14. The molecular formula is C11H20N2O. The molecule has 0 spiro atoms. The van der Waals surface area contributed by atoms with E-state index in [0.717, 1.165) is 19.3 Å². The Morgan fingerprint density at radius 2 is 2.36 bits per heavy atom. The lowest BCUT2D eigenvalue weighted by Crippen LogP contribution is -2.36. The number of hydrogen-bond acceptors (Lipinski definition) is 2. The van der Waals surface area contributed by atoms with Gasteiger partial charge < -0.3 is 10.6 Å². The standard InChI is InChI=1S/C11H20N2O/c1-3-7-13(2)11(14)10-6-4-5-9(10)8-12/h3,9-10H,1,4-8,12H2,2H3. The Morgan fingerprint density at radius 3 is 2.93 bits per heavy atom. The number of rotatable bonds is 4. The maximum Gasteiger partial charge on any atom is 0.226 e. The van der Waals surface area contributed by atoms with Gasteiger partial charge in [0.2, 0.25) is 5.91 Å². The summed E-state index contributed by atoms with van der Waals surface area (Å²) in [5.74, 6) is 0.789.